The highest BCUT2D eigenvalue weighted by Gasteiger charge is 2.03. The lowest BCUT2D eigenvalue weighted by Gasteiger charge is -2.07. The van der Waals surface area contributed by atoms with E-state index < -0.39 is 11.2 Å². The molecule has 0 saturated heterocycles. The third-order valence-corrected chi connectivity index (χ3v) is 3.06. The summed E-state index contributed by atoms with van der Waals surface area (Å²) >= 11 is 0. The number of aromatic nitrogens is 2. The number of nitrogens with one attached hydrogen (secondary N) is 2. The summed E-state index contributed by atoms with van der Waals surface area (Å²) in [6.45, 7) is 2.64. The molecule has 0 radical (unpaired) electrons. The zero-order valence-electron chi connectivity index (χ0n) is 11.8. The predicted molar refractivity (Wildman–Crippen MR) is 79.2 cm³/mol. The monoisotopic (exact) mass is 287 g/mol. The first-order valence-corrected chi connectivity index (χ1v) is 6.66. The van der Waals surface area contributed by atoms with E-state index in [-0.39, 0.29) is 5.91 Å². The van der Waals surface area contributed by atoms with Crippen LogP contribution in [0.1, 0.15) is 11.1 Å². The van der Waals surface area contributed by atoms with Crippen molar-refractivity contribution in [1.82, 2.24) is 14.9 Å². The molecule has 0 aliphatic rings. The molecular weight excluding hydrogens is 270 g/mol. The van der Waals surface area contributed by atoms with Crippen molar-refractivity contribution in [2.24, 2.45) is 0 Å². The van der Waals surface area contributed by atoms with Gasteiger partial charge < -0.3 is 5.32 Å². The fourth-order valence-corrected chi connectivity index (χ4v) is 1.89. The van der Waals surface area contributed by atoms with Crippen LogP contribution in [-0.4, -0.2) is 22.0 Å². The fraction of sp³-hybridized carbons (Fsp3) is 0.267. The average Bonchev–Trinajstić information content (AvgIpc) is 2.44. The Kier molecular flexibility index (Phi) is 4.71. The Morgan fingerprint density at radius 3 is 2.57 bits per heavy atom. The molecule has 0 spiro atoms. The minimum absolute atomic E-state index is 0.101. The van der Waals surface area contributed by atoms with Gasteiger partial charge >= 0.3 is 5.69 Å². The second kappa shape index (κ2) is 6.69. The van der Waals surface area contributed by atoms with Crippen molar-refractivity contribution in [3.05, 3.63) is 68.5 Å². The van der Waals surface area contributed by atoms with Crippen LogP contribution in [0.2, 0.25) is 0 Å². The Morgan fingerprint density at radius 2 is 1.90 bits per heavy atom. The standard InChI is InChI=1S/C15H17N3O3/c1-11-2-4-12(5-3-11)10-14(20)16-7-9-18-8-6-13(19)17-15(18)21/h2-6,8H,7,9-10H2,1H3,(H,16,20)(H,17,19,21). The maximum absolute atomic E-state index is 11.8. The lowest BCUT2D eigenvalue weighted by Crippen LogP contribution is -2.34. The molecule has 0 aliphatic carbocycles. The van der Waals surface area contributed by atoms with Crippen molar-refractivity contribution in [3.8, 4) is 0 Å². The van der Waals surface area contributed by atoms with Gasteiger partial charge in [-0.1, -0.05) is 29.8 Å². The number of nitrogens with zero attached hydrogens (tertiary/aromatic N) is 1. The number of rotatable bonds is 5. The SMILES string of the molecule is Cc1ccc(CC(=O)NCCn2ccc(=O)[nH]c2=O)cc1. The topological polar surface area (TPSA) is 84.0 Å². The first-order valence-electron chi connectivity index (χ1n) is 6.66. The maximum atomic E-state index is 11.8. The Labute approximate surface area is 121 Å². The molecule has 0 fully saturated rings. The molecule has 1 amide bonds. The molecule has 0 unspecified atom stereocenters. The number of hydrogen-bond donors (Lipinski definition) is 2. The number of carbonyl (C=O) groups excluding carboxylic acids is 1. The molecule has 2 rings (SSSR count). The molecule has 1 aromatic heterocycles. The zero-order chi connectivity index (χ0) is 15.2. The van der Waals surface area contributed by atoms with E-state index in [1.165, 1.54) is 16.8 Å². The normalized spacial score (nSPS) is 10.3. The number of aromatic amines is 1. The Hall–Kier alpha value is -2.63. The molecule has 1 heterocycles. The number of carbonyl (C=O) groups is 1. The molecule has 2 N–H and O–H groups in total. The number of hydrogen-bond acceptors (Lipinski definition) is 3. The molecule has 0 atom stereocenters. The van der Waals surface area contributed by atoms with Crippen molar-refractivity contribution in [2.45, 2.75) is 19.9 Å². The summed E-state index contributed by atoms with van der Waals surface area (Å²) in [5.74, 6) is -0.101. The molecular formula is C15H17N3O3. The smallest absolute Gasteiger partial charge is 0.328 e. The first-order chi connectivity index (χ1) is 10.0. The Bertz CT molecular complexity index is 729. The summed E-state index contributed by atoms with van der Waals surface area (Å²) in [5.41, 5.74) is 1.19. The second-order valence-corrected chi connectivity index (χ2v) is 4.82. The van der Waals surface area contributed by atoms with Crippen LogP contribution in [0, 0.1) is 6.92 Å². The average molecular weight is 287 g/mol. The number of benzene rings is 1. The first kappa shape index (κ1) is 14.8. The minimum atomic E-state index is -0.477. The van der Waals surface area contributed by atoms with Gasteiger partial charge in [0.2, 0.25) is 5.91 Å². The summed E-state index contributed by atoms with van der Waals surface area (Å²) < 4.78 is 1.34. The van der Waals surface area contributed by atoms with Gasteiger partial charge in [-0.05, 0) is 12.5 Å². The number of H-pyrrole nitrogens is 1. The lowest BCUT2D eigenvalue weighted by atomic mass is 10.1. The molecule has 0 saturated carbocycles. The van der Waals surface area contributed by atoms with Crippen LogP contribution in [-0.2, 0) is 17.8 Å². The van der Waals surface area contributed by atoms with E-state index in [9.17, 15) is 14.4 Å². The highest BCUT2D eigenvalue weighted by atomic mass is 16.2. The van der Waals surface area contributed by atoms with Gasteiger partial charge in [0, 0.05) is 25.4 Å². The van der Waals surface area contributed by atoms with Crippen LogP contribution in [0.4, 0.5) is 0 Å². The summed E-state index contributed by atoms with van der Waals surface area (Å²) in [6, 6.07) is 9.03. The van der Waals surface area contributed by atoms with Gasteiger partial charge in [-0.3, -0.25) is 19.1 Å². The largest absolute Gasteiger partial charge is 0.354 e. The molecule has 6 nitrogen and oxygen atoms in total. The quantitative estimate of drug-likeness (QED) is 0.824. The van der Waals surface area contributed by atoms with Crippen LogP contribution >= 0.6 is 0 Å². The van der Waals surface area contributed by atoms with Crippen LogP contribution in [0.5, 0.6) is 0 Å². The summed E-state index contributed by atoms with van der Waals surface area (Å²) in [4.78, 5) is 36.3. The minimum Gasteiger partial charge on any atom is -0.354 e. The predicted octanol–water partition coefficient (Wildman–Crippen LogP) is 0.204. The van der Waals surface area contributed by atoms with Gasteiger partial charge in [0.15, 0.2) is 0 Å². The van der Waals surface area contributed by atoms with Crippen LogP contribution in [0.25, 0.3) is 0 Å². The molecule has 0 bridgehead atoms. The molecule has 110 valence electrons. The van der Waals surface area contributed by atoms with Crippen LogP contribution < -0.4 is 16.6 Å². The number of aryl methyl sites for hydroxylation is 1. The Morgan fingerprint density at radius 1 is 1.19 bits per heavy atom. The second-order valence-electron chi connectivity index (χ2n) is 4.82. The molecule has 2 aromatic rings. The molecule has 21 heavy (non-hydrogen) atoms. The van der Waals surface area contributed by atoms with Crippen molar-refractivity contribution in [1.29, 1.82) is 0 Å². The van der Waals surface area contributed by atoms with Crippen molar-refractivity contribution < 1.29 is 4.79 Å². The van der Waals surface area contributed by atoms with E-state index in [0.29, 0.717) is 19.5 Å². The van der Waals surface area contributed by atoms with Crippen molar-refractivity contribution in [3.63, 3.8) is 0 Å². The number of amides is 1. The van der Waals surface area contributed by atoms with Gasteiger partial charge in [-0.15, -0.1) is 0 Å². The molecule has 6 heteroatoms. The lowest BCUT2D eigenvalue weighted by molar-refractivity contribution is -0.120. The van der Waals surface area contributed by atoms with E-state index in [0.717, 1.165) is 11.1 Å². The van der Waals surface area contributed by atoms with Crippen LogP contribution in [0.15, 0.2) is 46.1 Å². The van der Waals surface area contributed by atoms with E-state index >= 15 is 0 Å². The molecule has 1 aromatic carbocycles. The highest BCUT2D eigenvalue weighted by Crippen LogP contribution is 2.03. The fourth-order valence-electron chi connectivity index (χ4n) is 1.89. The third-order valence-electron chi connectivity index (χ3n) is 3.06. The van der Waals surface area contributed by atoms with Gasteiger partial charge in [-0.2, -0.15) is 0 Å². The zero-order valence-corrected chi connectivity index (χ0v) is 11.8. The summed E-state index contributed by atoms with van der Waals surface area (Å²) in [7, 11) is 0. The van der Waals surface area contributed by atoms with Crippen molar-refractivity contribution in [2.75, 3.05) is 6.54 Å². The van der Waals surface area contributed by atoms with Gasteiger partial charge in [0.1, 0.15) is 0 Å². The van der Waals surface area contributed by atoms with E-state index in [4.69, 9.17) is 0 Å². The van der Waals surface area contributed by atoms with E-state index in [2.05, 4.69) is 10.3 Å². The van der Waals surface area contributed by atoms with Gasteiger partial charge in [-0.25, -0.2) is 4.79 Å². The molecule has 0 aliphatic heterocycles. The highest BCUT2D eigenvalue weighted by molar-refractivity contribution is 5.78. The van der Waals surface area contributed by atoms with E-state index in [1.54, 1.807) is 0 Å². The Balaban J connectivity index is 1.83. The van der Waals surface area contributed by atoms with E-state index in [1.807, 2.05) is 31.2 Å². The third kappa shape index (κ3) is 4.45. The summed E-state index contributed by atoms with van der Waals surface area (Å²) in [6.07, 6.45) is 1.72. The van der Waals surface area contributed by atoms with Gasteiger partial charge in [0.25, 0.3) is 5.56 Å². The van der Waals surface area contributed by atoms with Gasteiger partial charge in [0.05, 0.1) is 6.42 Å². The van der Waals surface area contributed by atoms with Crippen molar-refractivity contribution >= 4 is 5.91 Å². The summed E-state index contributed by atoms with van der Waals surface area (Å²) in [5, 5.41) is 2.75. The van der Waals surface area contributed by atoms with Crippen LogP contribution in [0.3, 0.4) is 0 Å². The maximum Gasteiger partial charge on any atom is 0.328 e.